The van der Waals surface area contributed by atoms with Gasteiger partial charge in [0.1, 0.15) is 18.5 Å². The molecule has 0 bridgehead atoms. The van der Waals surface area contributed by atoms with Crippen molar-refractivity contribution in [2.75, 3.05) is 32.7 Å². The van der Waals surface area contributed by atoms with Crippen LogP contribution >= 0.6 is 0 Å². The number of benzene rings is 2. The predicted molar refractivity (Wildman–Crippen MR) is 129 cm³/mol. The zero-order chi connectivity index (χ0) is 23.5. The van der Waals surface area contributed by atoms with Gasteiger partial charge in [-0.3, -0.25) is 14.3 Å². The van der Waals surface area contributed by atoms with Gasteiger partial charge in [0, 0.05) is 49.0 Å². The summed E-state index contributed by atoms with van der Waals surface area (Å²) in [7, 11) is 0. The second-order valence-corrected chi connectivity index (χ2v) is 8.96. The number of aromatic nitrogens is 4. The number of hydrogen-bond donors (Lipinski definition) is 1. The van der Waals surface area contributed by atoms with Crippen LogP contribution < -0.4 is 0 Å². The Morgan fingerprint density at radius 2 is 1.79 bits per heavy atom. The van der Waals surface area contributed by atoms with Crippen LogP contribution in [0.15, 0.2) is 61.3 Å². The number of nitrogens with one attached hydrogen (secondary N) is 1. The molecule has 0 spiro atoms. The largest absolute Gasteiger partial charge is 0.361 e. The summed E-state index contributed by atoms with van der Waals surface area (Å²) in [5.41, 5.74) is 4.36. The van der Waals surface area contributed by atoms with Crippen LogP contribution in [0.5, 0.6) is 0 Å². The summed E-state index contributed by atoms with van der Waals surface area (Å²) in [5.74, 6) is -0.411. The van der Waals surface area contributed by atoms with Crippen LogP contribution in [0.2, 0.25) is 0 Å². The number of aryl methyl sites for hydroxylation is 1. The van der Waals surface area contributed by atoms with Gasteiger partial charge in [-0.1, -0.05) is 12.1 Å². The summed E-state index contributed by atoms with van der Waals surface area (Å²) in [6.45, 7) is 6.14. The van der Waals surface area contributed by atoms with Gasteiger partial charge in [-0.15, -0.1) is 10.2 Å². The Morgan fingerprint density at radius 1 is 1.06 bits per heavy atom. The number of carbonyl (C=O) groups is 1. The number of nitrogens with zero attached hydrogens (tertiary/aromatic N) is 5. The molecule has 3 heterocycles. The summed E-state index contributed by atoms with van der Waals surface area (Å²) < 4.78 is 15.1. The maximum atomic E-state index is 13.2. The topological polar surface area (TPSA) is 70.1 Å². The molecule has 1 amide bonds. The Labute approximate surface area is 198 Å². The molecule has 0 saturated carbocycles. The summed E-state index contributed by atoms with van der Waals surface area (Å²) in [5, 5.41) is 9.02. The van der Waals surface area contributed by atoms with Gasteiger partial charge in [0.2, 0.25) is 5.91 Å². The van der Waals surface area contributed by atoms with E-state index in [0.29, 0.717) is 0 Å². The van der Waals surface area contributed by atoms with E-state index in [0.717, 1.165) is 62.3 Å². The number of halogens is 1. The molecule has 1 aliphatic heterocycles. The van der Waals surface area contributed by atoms with Crippen molar-refractivity contribution >= 4 is 16.8 Å². The number of carbonyl (C=O) groups excluding carboxylic acids is 1. The third-order valence-electron chi connectivity index (χ3n) is 6.81. The lowest BCUT2D eigenvalue weighted by Gasteiger charge is -2.36. The molecule has 1 fully saturated rings. The van der Waals surface area contributed by atoms with Crippen LogP contribution in [-0.4, -0.2) is 68.2 Å². The second-order valence-electron chi connectivity index (χ2n) is 8.96. The molecule has 1 saturated heterocycles. The predicted octanol–water partition coefficient (Wildman–Crippen LogP) is 3.77. The van der Waals surface area contributed by atoms with Gasteiger partial charge in [0.05, 0.1) is 5.92 Å². The van der Waals surface area contributed by atoms with E-state index < -0.39 is 0 Å². The van der Waals surface area contributed by atoms with Crippen molar-refractivity contribution in [3.8, 4) is 5.69 Å². The second kappa shape index (κ2) is 9.77. The lowest BCUT2D eigenvalue weighted by atomic mass is 9.99. The molecule has 34 heavy (non-hydrogen) atoms. The summed E-state index contributed by atoms with van der Waals surface area (Å²) >= 11 is 0. The fraction of sp³-hybridized carbons (Fsp3) is 0.346. The number of aromatic amines is 1. The first-order valence-electron chi connectivity index (χ1n) is 11.8. The van der Waals surface area contributed by atoms with E-state index in [9.17, 15) is 9.18 Å². The number of amides is 1. The smallest absolute Gasteiger partial charge is 0.229 e. The first-order chi connectivity index (χ1) is 16.6. The third-order valence-corrected chi connectivity index (χ3v) is 6.81. The maximum absolute atomic E-state index is 13.2. The highest BCUT2D eigenvalue weighted by atomic mass is 19.1. The van der Waals surface area contributed by atoms with Crippen LogP contribution in [0.3, 0.4) is 0 Å². The minimum Gasteiger partial charge on any atom is -0.361 e. The molecule has 8 heteroatoms. The number of fused-ring (bicyclic) bond motifs is 1. The molecular weight excluding hydrogens is 431 g/mol. The molecule has 4 aromatic rings. The van der Waals surface area contributed by atoms with E-state index in [2.05, 4.69) is 44.5 Å². The van der Waals surface area contributed by atoms with E-state index in [1.165, 1.54) is 23.1 Å². The Kier molecular flexibility index (Phi) is 6.40. The van der Waals surface area contributed by atoms with Gasteiger partial charge < -0.3 is 9.88 Å². The maximum Gasteiger partial charge on any atom is 0.229 e. The van der Waals surface area contributed by atoms with E-state index in [-0.39, 0.29) is 17.6 Å². The summed E-state index contributed by atoms with van der Waals surface area (Å²) in [6, 6.07) is 12.6. The molecule has 7 nitrogen and oxygen atoms in total. The Balaban J connectivity index is 1.12. The molecule has 5 rings (SSSR count). The van der Waals surface area contributed by atoms with Crippen molar-refractivity contribution in [3.05, 3.63) is 78.3 Å². The molecule has 1 unspecified atom stereocenters. The van der Waals surface area contributed by atoms with Gasteiger partial charge in [-0.05, 0) is 67.8 Å². The van der Waals surface area contributed by atoms with Gasteiger partial charge >= 0.3 is 0 Å². The van der Waals surface area contributed by atoms with Crippen LogP contribution in [0.4, 0.5) is 4.39 Å². The van der Waals surface area contributed by atoms with Gasteiger partial charge in [-0.2, -0.15) is 0 Å². The van der Waals surface area contributed by atoms with E-state index in [4.69, 9.17) is 0 Å². The van der Waals surface area contributed by atoms with E-state index in [1.807, 2.05) is 16.4 Å². The number of rotatable bonds is 7. The van der Waals surface area contributed by atoms with Crippen LogP contribution in [0.25, 0.3) is 16.6 Å². The standard InChI is InChI=1S/C26H29FN6O/c1-19(20-4-6-22(27)7-5-20)26(34)32-13-11-31(12-14-32)10-2-3-21-16-28-25-9-8-23(15-24(21)25)33-17-29-30-18-33/h4-9,15-19,28H,2-3,10-14H2,1H3. The Morgan fingerprint density at radius 3 is 2.53 bits per heavy atom. The van der Waals surface area contributed by atoms with E-state index >= 15 is 0 Å². The molecule has 0 aliphatic carbocycles. The monoisotopic (exact) mass is 460 g/mol. The lowest BCUT2D eigenvalue weighted by Crippen LogP contribution is -2.49. The van der Waals surface area contributed by atoms with Crippen molar-refractivity contribution in [1.29, 1.82) is 0 Å². The summed E-state index contributed by atoms with van der Waals surface area (Å²) in [4.78, 5) is 20.6. The fourth-order valence-electron chi connectivity index (χ4n) is 4.72. The number of hydrogen-bond acceptors (Lipinski definition) is 4. The normalized spacial score (nSPS) is 15.6. The molecule has 0 radical (unpaired) electrons. The van der Waals surface area contributed by atoms with Crippen LogP contribution in [0, 0.1) is 5.82 Å². The van der Waals surface area contributed by atoms with E-state index in [1.54, 1.807) is 24.8 Å². The minimum absolute atomic E-state index is 0.119. The zero-order valence-corrected chi connectivity index (χ0v) is 19.3. The molecule has 176 valence electrons. The molecule has 1 atom stereocenters. The molecule has 2 aromatic heterocycles. The molecule has 2 aromatic carbocycles. The minimum atomic E-state index is -0.277. The average Bonchev–Trinajstić information content (AvgIpc) is 3.54. The van der Waals surface area contributed by atoms with Gasteiger partial charge in [0.25, 0.3) is 0 Å². The van der Waals surface area contributed by atoms with Crippen LogP contribution in [0.1, 0.15) is 30.4 Å². The quantitative estimate of drug-likeness (QED) is 0.456. The fourth-order valence-corrected chi connectivity index (χ4v) is 4.72. The van der Waals surface area contributed by atoms with Crippen molar-refractivity contribution in [2.45, 2.75) is 25.7 Å². The molecular formula is C26H29FN6O. The van der Waals surface area contributed by atoms with Crippen molar-refractivity contribution < 1.29 is 9.18 Å². The highest BCUT2D eigenvalue weighted by Crippen LogP contribution is 2.23. The molecule has 1 N–H and O–H groups in total. The number of piperazine rings is 1. The Hall–Kier alpha value is -3.52. The SMILES string of the molecule is CC(C(=O)N1CCN(CCCc2c[nH]c3ccc(-n4cnnc4)cc23)CC1)c1ccc(F)cc1. The Bertz CT molecular complexity index is 1240. The zero-order valence-electron chi connectivity index (χ0n) is 19.3. The molecule has 1 aliphatic rings. The first-order valence-corrected chi connectivity index (χ1v) is 11.8. The first kappa shape index (κ1) is 22.3. The van der Waals surface area contributed by atoms with Gasteiger partial charge in [-0.25, -0.2) is 4.39 Å². The van der Waals surface area contributed by atoms with Gasteiger partial charge in [0.15, 0.2) is 0 Å². The average molecular weight is 461 g/mol. The third kappa shape index (κ3) is 4.72. The lowest BCUT2D eigenvalue weighted by molar-refractivity contribution is -0.134. The highest BCUT2D eigenvalue weighted by Gasteiger charge is 2.25. The van der Waals surface area contributed by atoms with Crippen molar-refractivity contribution in [2.24, 2.45) is 0 Å². The summed E-state index contributed by atoms with van der Waals surface area (Å²) in [6.07, 6.45) is 7.57. The van der Waals surface area contributed by atoms with Crippen LogP contribution in [-0.2, 0) is 11.2 Å². The van der Waals surface area contributed by atoms with Crippen molar-refractivity contribution in [3.63, 3.8) is 0 Å². The highest BCUT2D eigenvalue weighted by molar-refractivity contribution is 5.85. The van der Waals surface area contributed by atoms with Crippen molar-refractivity contribution in [1.82, 2.24) is 29.5 Å². The number of H-pyrrole nitrogens is 1.